The van der Waals surface area contributed by atoms with E-state index in [4.69, 9.17) is 11.6 Å². The molecule has 2 heterocycles. The van der Waals surface area contributed by atoms with Gasteiger partial charge in [-0.05, 0) is 39.8 Å². The SMILES string of the molecule is Clc1cccnc1Sc1cc(Br)ncn1. The van der Waals surface area contributed by atoms with E-state index in [1.165, 1.54) is 18.1 Å². The molecule has 0 N–H and O–H groups in total. The highest BCUT2D eigenvalue weighted by atomic mass is 79.9. The molecule has 0 unspecified atom stereocenters. The van der Waals surface area contributed by atoms with Crippen LogP contribution < -0.4 is 0 Å². The van der Waals surface area contributed by atoms with Gasteiger partial charge in [-0.25, -0.2) is 15.0 Å². The molecule has 0 radical (unpaired) electrons. The quantitative estimate of drug-likeness (QED) is 0.797. The summed E-state index contributed by atoms with van der Waals surface area (Å²) in [7, 11) is 0. The third-order valence-corrected chi connectivity index (χ3v) is 3.34. The number of hydrogen-bond donors (Lipinski definition) is 0. The molecular formula is C9H5BrClN3S. The molecule has 0 saturated carbocycles. The highest BCUT2D eigenvalue weighted by Gasteiger charge is 2.04. The molecule has 0 bridgehead atoms. The summed E-state index contributed by atoms with van der Waals surface area (Å²) in [6.45, 7) is 0. The van der Waals surface area contributed by atoms with Crippen LogP contribution in [0.15, 0.2) is 45.4 Å². The molecular weight excluding hydrogens is 298 g/mol. The average molecular weight is 303 g/mol. The first kappa shape index (κ1) is 10.9. The van der Waals surface area contributed by atoms with E-state index >= 15 is 0 Å². The Morgan fingerprint density at radius 2 is 2.13 bits per heavy atom. The van der Waals surface area contributed by atoms with Crippen LogP contribution in [-0.4, -0.2) is 15.0 Å². The normalized spacial score (nSPS) is 10.3. The Balaban J connectivity index is 2.26. The molecule has 2 aromatic heterocycles. The third-order valence-electron chi connectivity index (χ3n) is 1.53. The lowest BCUT2D eigenvalue weighted by Gasteiger charge is -2.01. The Bertz CT molecular complexity index is 480. The number of rotatable bonds is 2. The Hall–Kier alpha value is -0.650. The van der Waals surface area contributed by atoms with Gasteiger partial charge in [-0.2, -0.15) is 0 Å². The summed E-state index contributed by atoms with van der Waals surface area (Å²) in [4.78, 5) is 12.2. The van der Waals surface area contributed by atoms with E-state index in [1.807, 2.05) is 6.07 Å². The molecule has 3 nitrogen and oxygen atoms in total. The summed E-state index contributed by atoms with van der Waals surface area (Å²) >= 11 is 10.7. The molecule has 0 aliphatic carbocycles. The number of nitrogens with zero attached hydrogens (tertiary/aromatic N) is 3. The predicted octanol–water partition coefficient (Wildman–Crippen LogP) is 3.44. The largest absolute Gasteiger partial charge is 0.248 e. The lowest BCUT2D eigenvalue weighted by molar-refractivity contribution is 1.02. The van der Waals surface area contributed by atoms with Crippen LogP contribution in [0.4, 0.5) is 0 Å². The molecule has 0 aromatic carbocycles. The van der Waals surface area contributed by atoms with E-state index in [0.29, 0.717) is 5.02 Å². The van der Waals surface area contributed by atoms with Crippen molar-refractivity contribution in [2.24, 2.45) is 0 Å². The number of pyridine rings is 1. The minimum atomic E-state index is 0.622. The van der Waals surface area contributed by atoms with E-state index in [1.54, 1.807) is 18.3 Å². The molecule has 2 rings (SSSR count). The van der Waals surface area contributed by atoms with Crippen LogP contribution in [0, 0.1) is 0 Å². The second-order valence-electron chi connectivity index (χ2n) is 2.57. The molecule has 15 heavy (non-hydrogen) atoms. The zero-order valence-electron chi connectivity index (χ0n) is 7.39. The van der Waals surface area contributed by atoms with Gasteiger partial charge < -0.3 is 0 Å². The van der Waals surface area contributed by atoms with Crippen LogP contribution in [-0.2, 0) is 0 Å². The van der Waals surface area contributed by atoms with Crippen molar-refractivity contribution in [3.63, 3.8) is 0 Å². The minimum absolute atomic E-state index is 0.622. The first-order valence-corrected chi connectivity index (χ1v) is 6.00. The van der Waals surface area contributed by atoms with Crippen LogP contribution in [0.25, 0.3) is 0 Å². The van der Waals surface area contributed by atoms with Crippen LogP contribution in [0.5, 0.6) is 0 Å². The van der Waals surface area contributed by atoms with Crippen molar-refractivity contribution in [2.75, 3.05) is 0 Å². The summed E-state index contributed by atoms with van der Waals surface area (Å²) < 4.78 is 0.743. The second-order valence-corrected chi connectivity index (χ2v) is 4.80. The van der Waals surface area contributed by atoms with Gasteiger partial charge in [0.1, 0.15) is 21.0 Å². The molecule has 2 aromatic rings. The predicted molar refractivity (Wildman–Crippen MR) is 63.1 cm³/mol. The maximum absolute atomic E-state index is 5.98. The van der Waals surface area contributed by atoms with E-state index in [-0.39, 0.29) is 0 Å². The van der Waals surface area contributed by atoms with Gasteiger partial charge in [-0.15, -0.1) is 0 Å². The van der Waals surface area contributed by atoms with Gasteiger partial charge in [0.2, 0.25) is 0 Å². The molecule has 76 valence electrons. The third kappa shape index (κ3) is 2.90. The average Bonchev–Trinajstić information content (AvgIpc) is 2.22. The van der Waals surface area contributed by atoms with Crippen molar-refractivity contribution >= 4 is 39.3 Å². The summed E-state index contributed by atoms with van der Waals surface area (Å²) in [6, 6.07) is 5.41. The fourth-order valence-electron chi connectivity index (χ4n) is 0.919. The minimum Gasteiger partial charge on any atom is -0.248 e. The number of hydrogen-bond acceptors (Lipinski definition) is 4. The highest BCUT2D eigenvalue weighted by molar-refractivity contribution is 9.10. The van der Waals surface area contributed by atoms with Gasteiger partial charge in [0, 0.05) is 12.3 Å². The zero-order chi connectivity index (χ0) is 10.7. The summed E-state index contributed by atoms with van der Waals surface area (Å²) in [6.07, 6.45) is 3.19. The Kier molecular flexibility index (Phi) is 3.56. The summed E-state index contributed by atoms with van der Waals surface area (Å²) in [5.74, 6) is 0. The monoisotopic (exact) mass is 301 g/mol. The van der Waals surface area contributed by atoms with E-state index in [2.05, 4.69) is 30.9 Å². The van der Waals surface area contributed by atoms with Crippen molar-refractivity contribution in [2.45, 2.75) is 10.1 Å². The van der Waals surface area contributed by atoms with E-state index in [9.17, 15) is 0 Å². The van der Waals surface area contributed by atoms with Crippen LogP contribution in [0.2, 0.25) is 5.02 Å². The lowest BCUT2D eigenvalue weighted by Crippen LogP contribution is -1.85. The van der Waals surface area contributed by atoms with Crippen molar-refractivity contribution in [1.29, 1.82) is 0 Å². The fraction of sp³-hybridized carbons (Fsp3) is 0. The molecule has 0 fully saturated rings. The second kappa shape index (κ2) is 4.92. The smallest absolute Gasteiger partial charge is 0.121 e. The molecule has 0 spiro atoms. The van der Waals surface area contributed by atoms with Crippen molar-refractivity contribution in [3.05, 3.63) is 40.3 Å². The van der Waals surface area contributed by atoms with Crippen LogP contribution in [0.1, 0.15) is 0 Å². The lowest BCUT2D eigenvalue weighted by atomic mass is 10.5. The maximum atomic E-state index is 5.98. The van der Waals surface area contributed by atoms with E-state index in [0.717, 1.165) is 14.7 Å². The van der Waals surface area contributed by atoms with Gasteiger partial charge in [-0.1, -0.05) is 11.6 Å². The summed E-state index contributed by atoms with van der Waals surface area (Å²) in [5.41, 5.74) is 0. The van der Waals surface area contributed by atoms with Crippen molar-refractivity contribution < 1.29 is 0 Å². The number of halogens is 2. The van der Waals surface area contributed by atoms with Gasteiger partial charge in [0.25, 0.3) is 0 Å². The van der Waals surface area contributed by atoms with Gasteiger partial charge in [0.15, 0.2) is 0 Å². The fourth-order valence-corrected chi connectivity index (χ4v) is 2.36. The molecule has 0 amide bonds. The Labute approximate surface area is 104 Å². The van der Waals surface area contributed by atoms with Crippen molar-refractivity contribution in [3.8, 4) is 0 Å². The number of aromatic nitrogens is 3. The topological polar surface area (TPSA) is 38.7 Å². The zero-order valence-corrected chi connectivity index (χ0v) is 10.6. The first-order valence-electron chi connectivity index (χ1n) is 4.01. The Morgan fingerprint density at radius 3 is 2.87 bits per heavy atom. The Morgan fingerprint density at radius 1 is 1.27 bits per heavy atom. The molecule has 6 heteroatoms. The van der Waals surface area contributed by atoms with Crippen LogP contribution in [0.3, 0.4) is 0 Å². The molecule has 0 aliphatic heterocycles. The first-order chi connectivity index (χ1) is 7.25. The molecule has 0 atom stereocenters. The van der Waals surface area contributed by atoms with Gasteiger partial charge in [0.05, 0.1) is 5.02 Å². The maximum Gasteiger partial charge on any atom is 0.121 e. The van der Waals surface area contributed by atoms with Gasteiger partial charge >= 0.3 is 0 Å². The van der Waals surface area contributed by atoms with E-state index < -0.39 is 0 Å². The molecule has 0 saturated heterocycles. The van der Waals surface area contributed by atoms with Gasteiger partial charge in [-0.3, -0.25) is 0 Å². The van der Waals surface area contributed by atoms with Crippen molar-refractivity contribution in [1.82, 2.24) is 15.0 Å². The molecule has 0 aliphatic rings. The summed E-state index contributed by atoms with van der Waals surface area (Å²) in [5, 5.41) is 2.17. The van der Waals surface area contributed by atoms with Crippen LogP contribution >= 0.6 is 39.3 Å². The highest BCUT2D eigenvalue weighted by Crippen LogP contribution is 2.30. The standard InChI is InChI=1S/C9H5BrClN3S/c10-7-4-8(14-5-13-7)15-9-6(11)2-1-3-12-9/h1-5H.